The Morgan fingerprint density at radius 3 is 1.75 bits per heavy atom. The van der Waals surface area contributed by atoms with Gasteiger partial charge in [0.1, 0.15) is 28.7 Å². The molecule has 6 aromatic heterocycles. The maximum atomic E-state index is 8.83. The fourth-order valence-electron chi connectivity index (χ4n) is 5.24. The van der Waals surface area contributed by atoms with Crippen LogP contribution in [0.15, 0.2) is 122 Å². The predicted molar refractivity (Wildman–Crippen MR) is 241 cm³/mol. The Bertz CT molecular complexity index is 2740. The number of halogens is 3. The fraction of sp³-hybridized carbons (Fsp3) is 0.116. The van der Waals surface area contributed by atoms with Crippen LogP contribution in [0.25, 0.3) is 49.7 Å². The number of aromatic nitrogens is 8. The molecule has 5 N–H and O–H groups in total. The molecule has 8 aromatic rings. The average Bonchev–Trinajstić information content (AvgIpc) is 3.28. The van der Waals surface area contributed by atoms with Gasteiger partial charge in [-0.25, -0.2) is 29.8 Å². The highest BCUT2D eigenvalue weighted by molar-refractivity contribution is 6.34. The van der Waals surface area contributed by atoms with Crippen molar-refractivity contribution in [1.29, 1.82) is 5.26 Å². The number of pyridine rings is 4. The summed E-state index contributed by atoms with van der Waals surface area (Å²) in [4.78, 5) is 37.9. The smallest absolute Gasteiger partial charge is 0.205 e. The summed E-state index contributed by atoms with van der Waals surface area (Å²) in [6.45, 7) is 9.17. The molecule has 6 heterocycles. The maximum Gasteiger partial charge on any atom is 0.205 e. The highest BCUT2D eigenvalue weighted by Crippen LogP contribution is 2.29. The van der Waals surface area contributed by atoms with Gasteiger partial charge in [0.05, 0.1) is 33.2 Å². The van der Waals surface area contributed by atoms with Crippen molar-refractivity contribution in [3.63, 3.8) is 0 Å². The first-order valence-electron chi connectivity index (χ1n) is 17.9. The standard InChI is InChI=1S/C21H16ClN7.C13H7Cl2N3.C8H10N4.CH4/c22-16-5-2-1-4-15(16)20-28-17-6-3-9-25-19(17)21(29-20)26-11-10-24-18-8-7-14(12-23)13-27-18;14-9-5-2-1-4-8(9)13-17-10-6-3-7-16-11(10)12(15)18-13;1-10-7-2-3-8(12-6-7)11-5-4-9;/h1-9,13H,10-11H2,(H,24,27)(H,26,28,29);1-7H;2-3,6H,4-5,9H2,(H,11,12);1H4. The molecule has 60 heavy (non-hydrogen) atoms. The number of nitrogens with zero attached hydrogens (tertiary/aromatic N) is 10. The first kappa shape index (κ1) is 44.0. The van der Waals surface area contributed by atoms with Gasteiger partial charge in [0, 0.05) is 62.1 Å². The summed E-state index contributed by atoms with van der Waals surface area (Å²) in [5.41, 5.74) is 10.6. The van der Waals surface area contributed by atoms with Crippen molar-refractivity contribution < 1.29 is 0 Å². The van der Waals surface area contributed by atoms with Crippen molar-refractivity contribution in [2.24, 2.45) is 5.73 Å². The quantitative estimate of drug-likeness (QED) is 0.0578. The molecule has 0 bridgehead atoms. The number of hydrogen-bond donors (Lipinski definition) is 4. The average molecular weight is 856 g/mol. The van der Waals surface area contributed by atoms with E-state index in [4.69, 9.17) is 52.4 Å². The zero-order valence-corrected chi connectivity index (χ0v) is 33.3. The highest BCUT2D eigenvalue weighted by atomic mass is 35.5. The van der Waals surface area contributed by atoms with Crippen LogP contribution in [0.5, 0.6) is 0 Å². The van der Waals surface area contributed by atoms with E-state index in [2.05, 4.69) is 60.7 Å². The molecule has 0 fully saturated rings. The molecule has 0 aliphatic rings. The Morgan fingerprint density at radius 1 is 0.617 bits per heavy atom. The zero-order chi connectivity index (χ0) is 41.4. The predicted octanol–water partition coefficient (Wildman–Crippen LogP) is 9.77. The molecule has 0 amide bonds. The molecule has 0 spiro atoms. The minimum absolute atomic E-state index is 0. The monoisotopic (exact) mass is 854 g/mol. The van der Waals surface area contributed by atoms with Crippen LogP contribution in [0.1, 0.15) is 13.0 Å². The lowest BCUT2D eigenvalue weighted by atomic mass is 10.2. The van der Waals surface area contributed by atoms with Gasteiger partial charge in [0.2, 0.25) is 5.69 Å². The number of anilines is 3. The Balaban J connectivity index is 0.000000188. The molecular weight excluding hydrogens is 819 g/mol. The Labute approximate surface area is 361 Å². The van der Waals surface area contributed by atoms with Crippen molar-refractivity contribution in [3.8, 4) is 28.8 Å². The van der Waals surface area contributed by atoms with Gasteiger partial charge in [-0.1, -0.05) is 72.6 Å². The summed E-state index contributed by atoms with van der Waals surface area (Å²) in [6.07, 6.45) is 6.44. The summed E-state index contributed by atoms with van der Waals surface area (Å²) in [5.74, 6) is 3.15. The molecule has 300 valence electrons. The number of fused-ring (bicyclic) bond motifs is 2. The lowest BCUT2D eigenvalue weighted by Crippen LogP contribution is -2.15. The summed E-state index contributed by atoms with van der Waals surface area (Å²) >= 11 is 18.6. The normalized spacial score (nSPS) is 10.1. The van der Waals surface area contributed by atoms with Gasteiger partial charge in [-0.05, 0) is 66.7 Å². The molecule has 0 radical (unpaired) electrons. The second-order valence-electron chi connectivity index (χ2n) is 12.1. The van der Waals surface area contributed by atoms with Gasteiger partial charge >= 0.3 is 0 Å². The van der Waals surface area contributed by atoms with Crippen LogP contribution in [-0.4, -0.2) is 66.1 Å². The lowest BCUT2D eigenvalue weighted by Gasteiger charge is -2.11. The SMILES string of the molecule is C.Clc1ccccc1-c1nc(Cl)c2ncccc2n1.N#Cc1ccc(NCCNc2nc(-c3ccccc3Cl)nc3cccnc23)nc1.[C-]#[N+]c1ccc(NCCN)nc1. The van der Waals surface area contributed by atoms with Gasteiger partial charge in [-0.2, -0.15) is 5.26 Å². The van der Waals surface area contributed by atoms with Gasteiger partial charge in [-0.3, -0.25) is 15.0 Å². The van der Waals surface area contributed by atoms with E-state index in [0.29, 0.717) is 92.5 Å². The van der Waals surface area contributed by atoms with Crippen molar-refractivity contribution >= 4 is 80.0 Å². The first-order chi connectivity index (χ1) is 28.9. The molecule has 0 unspecified atom stereocenters. The van der Waals surface area contributed by atoms with Crippen LogP contribution in [0.2, 0.25) is 15.2 Å². The number of nitrogens with one attached hydrogen (secondary N) is 3. The number of benzene rings is 2. The Morgan fingerprint density at radius 2 is 1.18 bits per heavy atom. The van der Waals surface area contributed by atoms with Crippen LogP contribution in [0, 0.1) is 17.9 Å². The number of nitrogens with two attached hydrogens (primary N) is 1. The van der Waals surface area contributed by atoms with E-state index in [-0.39, 0.29) is 7.43 Å². The van der Waals surface area contributed by atoms with E-state index in [1.807, 2.05) is 72.8 Å². The summed E-state index contributed by atoms with van der Waals surface area (Å²) < 4.78 is 0. The molecule has 0 aliphatic heterocycles. The van der Waals surface area contributed by atoms with Gasteiger partial charge < -0.3 is 21.7 Å². The third kappa shape index (κ3) is 11.8. The summed E-state index contributed by atoms with van der Waals surface area (Å²) in [6, 6.07) is 31.3. The molecule has 0 saturated heterocycles. The number of nitriles is 1. The van der Waals surface area contributed by atoms with Gasteiger partial charge in [0.15, 0.2) is 22.6 Å². The van der Waals surface area contributed by atoms with E-state index >= 15 is 0 Å². The summed E-state index contributed by atoms with van der Waals surface area (Å²) in [7, 11) is 0. The maximum absolute atomic E-state index is 8.83. The Kier molecular flexibility index (Phi) is 16.3. The van der Waals surface area contributed by atoms with E-state index < -0.39 is 0 Å². The molecule has 0 saturated carbocycles. The van der Waals surface area contributed by atoms with E-state index in [0.717, 1.165) is 22.5 Å². The molecule has 0 atom stereocenters. The number of rotatable bonds is 10. The van der Waals surface area contributed by atoms with Crippen LogP contribution in [-0.2, 0) is 0 Å². The highest BCUT2D eigenvalue weighted by Gasteiger charge is 2.13. The molecule has 2 aromatic carbocycles. The van der Waals surface area contributed by atoms with Crippen LogP contribution in [0.4, 0.5) is 23.1 Å². The van der Waals surface area contributed by atoms with Gasteiger partial charge in [0.25, 0.3) is 0 Å². The third-order valence-electron chi connectivity index (χ3n) is 8.04. The van der Waals surface area contributed by atoms with Crippen LogP contribution < -0.4 is 21.7 Å². The lowest BCUT2D eigenvalue weighted by molar-refractivity contribution is 1.01. The molecule has 17 heteroatoms. The molecular formula is C43H37Cl3N14. The van der Waals surface area contributed by atoms with E-state index in [1.165, 1.54) is 12.4 Å². The first-order valence-corrected chi connectivity index (χ1v) is 19.0. The topological polar surface area (TPSA) is 193 Å². The summed E-state index contributed by atoms with van der Waals surface area (Å²) in [5, 5.41) is 19.9. The molecule has 0 aliphatic carbocycles. The minimum Gasteiger partial charge on any atom is -0.369 e. The van der Waals surface area contributed by atoms with Crippen molar-refractivity contribution in [2.75, 3.05) is 42.1 Å². The largest absolute Gasteiger partial charge is 0.369 e. The Hall–Kier alpha value is -7.07. The third-order valence-corrected chi connectivity index (χ3v) is 8.96. The van der Waals surface area contributed by atoms with Crippen LogP contribution >= 0.6 is 34.8 Å². The van der Waals surface area contributed by atoms with Crippen molar-refractivity contribution in [1.82, 2.24) is 39.9 Å². The second-order valence-corrected chi connectivity index (χ2v) is 13.2. The van der Waals surface area contributed by atoms with Crippen molar-refractivity contribution in [2.45, 2.75) is 7.43 Å². The zero-order valence-electron chi connectivity index (χ0n) is 31.1. The van der Waals surface area contributed by atoms with E-state index in [9.17, 15) is 0 Å². The van der Waals surface area contributed by atoms with Crippen molar-refractivity contribution in [3.05, 3.63) is 154 Å². The van der Waals surface area contributed by atoms with E-state index in [1.54, 1.807) is 42.7 Å². The second kappa shape index (κ2) is 22.2. The fourth-order valence-corrected chi connectivity index (χ4v) is 5.91. The number of hydrogen-bond acceptors (Lipinski definition) is 13. The molecule has 14 nitrogen and oxygen atoms in total. The van der Waals surface area contributed by atoms with Gasteiger partial charge in [-0.15, -0.1) is 0 Å². The molecule has 8 rings (SSSR count). The minimum atomic E-state index is 0. The van der Waals surface area contributed by atoms with Crippen LogP contribution in [0.3, 0.4) is 0 Å².